The van der Waals surface area contributed by atoms with Crippen molar-refractivity contribution >= 4 is 60.8 Å². The van der Waals surface area contributed by atoms with Gasteiger partial charge in [0.15, 0.2) is 0 Å². The van der Waals surface area contributed by atoms with E-state index in [0.717, 1.165) is 61.4 Å². The van der Waals surface area contributed by atoms with Crippen LogP contribution in [-0.4, -0.2) is 4.57 Å². The van der Waals surface area contributed by atoms with Crippen LogP contribution in [0.25, 0.3) is 82.8 Å². The lowest BCUT2D eigenvalue weighted by atomic mass is 9.81. The molecule has 0 atom stereocenters. The van der Waals surface area contributed by atoms with Crippen molar-refractivity contribution in [3.8, 4) is 39.1 Å². The molecule has 0 bridgehead atoms. The van der Waals surface area contributed by atoms with Crippen LogP contribution in [0.15, 0.2) is 211 Å². The van der Waals surface area contributed by atoms with Gasteiger partial charge in [0, 0.05) is 49.5 Å². The zero-order chi connectivity index (χ0) is 40.0. The van der Waals surface area contributed by atoms with Gasteiger partial charge in [-0.05, 0) is 100 Å². The van der Waals surface area contributed by atoms with Gasteiger partial charge < -0.3 is 13.9 Å². The van der Waals surface area contributed by atoms with Gasteiger partial charge in [0.2, 0.25) is 0 Å². The van der Waals surface area contributed by atoms with E-state index in [-0.39, 0.29) is 5.41 Å². The number of nitrogens with zero attached hydrogens (tertiary/aromatic N) is 2. The van der Waals surface area contributed by atoms with E-state index in [1.165, 1.54) is 49.6 Å². The monoisotopic (exact) mass is 768 g/mol. The van der Waals surface area contributed by atoms with E-state index in [2.05, 4.69) is 230 Å². The minimum Gasteiger partial charge on any atom is -0.455 e. The molecule has 9 aromatic carbocycles. The van der Waals surface area contributed by atoms with Crippen LogP contribution >= 0.6 is 0 Å². The maximum absolute atomic E-state index is 6.91. The summed E-state index contributed by atoms with van der Waals surface area (Å²) in [6.45, 7) is 4.70. The molecule has 0 unspecified atom stereocenters. The number of para-hydroxylation sites is 5. The highest BCUT2D eigenvalue weighted by molar-refractivity contribution is 6.14. The number of rotatable bonds is 6. The highest BCUT2D eigenvalue weighted by atomic mass is 16.3. The Morgan fingerprint density at radius 2 is 1.03 bits per heavy atom. The predicted molar refractivity (Wildman–Crippen MR) is 251 cm³/mol. The maximum atomic E-state index is 6.91. The summed E-state index contributed by atoms with van der Waals surface area (Å²) >= 11 is 0. The highest BCUT2D eigenvalue weighted by Gasteiger charge is 2.35. The van der Waals surface area contributed by atoms with Gasteiger partial charge in [-0.2, -0.15) is 0 Å². The molecule has 284 valence electrons. The molecule has 0 amide bonds. The van der Waals surface area contributed by atoms with Crippen molar-refractivity contribution in [1.82, 2.24) is 4.57 Å². The first-order valence-corrected chi connectivity index (χ1v) is 20.8. The van der Waals surface area contributed by atoms with Crippen molar-refractivity contribution in [2.24, 2.45) is 0 Å². The average Bonchev–Trinajstić information content (AvgIpc) is 3.92. The molecule has 1 aliphatic carbocycles. The van der Waals surface area contributed by atoms with Gasteiger partial charge in [-0.3, -0.25) is 0 Å². The Hall–Kier alpha value is -7.62. The SMILES string of the molecule is CC1(C)c2ccccc2-c2ccc(-c3ccccc3N(c3ccccc3)c3ccc4c(oc5ccccc54)c3-c3ccc(-n4c5ccccc5c5ccccc54)cc3)cc21. The molecule has 0 aliphatic heterocycles. The summed E-state index contributed by atoms with van der Waals surface area (Å²) in [6, 6.07) is 74.8. The lowest BCUT2D eigenvalue weighted by molar-refractivity contribution is 0.660. The summed E-state index contributed by atoms with van der Waals surface area (Å²) < 4.78 is 9.28. The van der Waals surface area contributed by atoms with Crippen molar-refractivity contribution in [2.75, 3.05) is 4.90 Å². The minimum absolute atomic E-state index is 0.110. The summed E-state index contributed by atoms with van der Waals surface area (Å²) in [5.74, 6) is 0. The Kier molecular flexibility index (Phi) is 7.58. The first kappa shape index (κ1) is 34.4. The van der Waals surface area contributed by atoms with Crippen molar-refractivity contribution in [2.45, 2.75) is 19.3 Å². The molecule has 0 saturated carbocycles. The molecule has 0 N–H and O–H groups in total. The van der Waals surface area contributed by atoms with Gasteiger partial charge in [-0.25, -0.2) is 0 Å². The zero-order valence-electron chi connectivity index (χ0n) is 33.4. The van der Waals surface area contributed by atoms with Crippen LogP contribution in [0.3, 0.4) is 0 Å². The Morgan fingerprint density at radius 3 is 1.80 bits per heavy atom. The van der Waals surface area contributed by atoms with Crippen molar-refractivity contribution in [3.05, 3.63) is 217 Å². The molecule has 0 spiro atoms. The normalized spacial score (nSPS) is 13.0. The second-order valence-corrected chi connectivity index (χ2v) is 16.5. The van der Waals surface area contributed by atoms with Crippen LogP contribution in [0.1, 0.15) is 25.0 Å². The number of anilines is 3. The lowest BCUT2D eigenvalue weighted by Crippen LogP contribution is -2.15. The molecular formula is C57H40N2O. The van der Waals surface area contributed by atoms with Crippen molar-refractivity contribution in [3.63, 3.8) is 0 Å². The quantitative estimate of drug-likeness (QED) is 0.168. The topological polar surface area (TPSA) is 21.3 Å². The van der Waals surface area contributed by atoms with Crippen LogP contribution in [0.2, 0.25) is 0 Å². The third-order valence-corrected chi connectivity index (χ3v) is 12.8. The van der Waals surface area contributed by atoms with Crippen molar-refractivity contribution < 1.29 is 4.42 Å². The van der Waals surface area contributed by atoms with Gasteiger partial charge >= 0.3 is 0 Å². The van der Waals surface area contributed by atoms with Gasteiger partial charge in [-0.1, -0.05) is 153 Å². The Bertz CT molecular complexity index is 3410. The summed E-state index contributed by atoms with van der Waals surface area (Å²) in [4.78, 5) is 2.42. The largest absolute Gasteiger partial charge is 0.455 e. The molecule has 0 radical (unpaired) electrons. The van der Waals surface area contributed by atoms with Crippen LogP contribution in [0, 0.1) is 0 Å². The lowest BCUT2D eigenvalue weighted by Gasteiger charge is -2.30. The molecule has 1 aliphatic rings. The third-order valence-electron chi connectivity index (χ3n) is 12.8. The number of furan rings is 1. The minimum atomic E-state index is -0.110. The second kappa shape index (κ2) is 13.2. The molecule has 60 heavy (non-hydrogen) atoms. The molecule has 2 heterocycles. The van der Waals surface area contributed by atoms with Gasteiger partial charge in [-0.15, -0.1) is 0 Å². The molecule has 2 aromatic heterocycles. The number of fused-ring (bicyclic) bond motifs is 9. The third kappa shape index (κ3) is 5.09. The fraction of sp³-hybridized carbons (Fsp3) is 0.0526. The summed E-state index contributed by atoms with van der Waals surface area (Å²) in [7, 11) is 0. The Balaban J connectivity index is 1.08. The average molecular weight is 769 g/mol. The molecule has 0 fully saturated rings. The van der Waals surface area contributed by atoms with E-state index in [0.29, 0.717) is 0 Å². The Labute approximate surface area is 349 Å². The van der Waals surface area contributed by atoms with Crippen molar-refractivity contribution in [1.29, 1.82) is 0 Å². The number of hydrogen-bond donors (Lipinski definition) is 0. The van der Waals surface area contributed by atoms with Gasteiger partial charge in [0.25, 0.3) is 0 Å². The van der Waals surface area contributed by atoms with Gasteiger partial charge in [0.05, 0.1) is 22.4 Å². The summed E-state index contributed by atoms with van der Waals surface area (Å²) in [5.41, 5.74) is 18.2. The fourth-order valence-corrected chi connectivity index (χ4v) is 9.99. The number of benzene rings is 9. The molecule has 0 saturated heterocycles. The second-order valence-electron chi connectivity index (χ2n) is 16.5. The molecular weight excluding hydrogens is 729 g/mol. The molecule has 3 nitrogen and oxygen atoms in total. The maximum Gasteiger partial charge on any atom is 0.145 e. The molecule has 11 aromatic rings. The number of aromatic nitrogens is 1. The highest BCUT2D eigenvalue weighted by Crippen LogP contribution is 2.52. The molecule has 3 heteroatoms. The van der Waals surface area contributed by atoms with E-state index in [9.17, 15) is 0 Å². The summed E-state index contributed by atoms with van der Waals surface area (Å²) in [6.07, 6.45) is 0. The van der Waals surface area contributed by atoms with E-state index in [1.807, 2.05) is 0 Å². The first-order chi connectivity index (χ1) is 29.5. The predicted octanol–water partition coefficient (Wildman–Crippen LogP) is 15.8. The smallest absolute Gasteiger partial charge is 0.145 e. The fourth-order valence-electron chi connectivity index (χ4n) is 9.99. The van der Waals surface area contributed by atoms with E-state index in [4.69, 9.17) is 4.42 Å². The van der Waals surface area contributed by atoms with Crippen LogP contribution in [-0.2, 0) is 5.41 Å². The standard InChI is InChI=1S/C57H40N2O/c1-57(2)48-23-11-6-19-42(48)43-33-30-38(36-49(43)57)41-18-7-12-24-50(41)59(39-16-4-3-5-17-39)53-35-34-47-46-22-10-15-27-54(46)60-56(47)55(53)37-28-31-40(32-29-37)58-51-25-13-8-20-44(51)45-21-9-14-26-52(45)58/h3-36H,1-2H3. The first-order valence-electron chi connectivity index (χ1n) is 20.8. The molecule has 12 rings (SSSR count). The van der Waals surface area contributed by atoms with Crippen LogP contribution in [0.5, 0.6) is 0 Å². The zero-order valence-corrected chi connectivity index (χ0v) is 33.4. The van der Waals surface area contributed by atoms with Crippen LogP contribution in [0.4, 0.5) is 17.1 Å². The summed E-state index contributed by atoms with van der Waals surface area (Å²) in [5, 5.41) is 4.70. The Morgan fingerprint density at radius 1 is 0.433 bits per heavy atom. The van der Waals surface area contributed by atoms with Gasteiger partial charge in [0.1, 0.15) is 11.2 Å². The van der Waals surface area contributed by atoms with E-state index < -0.39 is 0 Å². The number of hydrogen-bond acceptors (Lipinski definition) is 2. The van der Waals surface area contributed by atoms with E-state index >= 15 is 0 Å². The van der Waals surface area contributed by atoms with Crippen LogP contribution < -0.4 is 4.90 Å². The van der Waals surface area contributed by atoms with E-state index in [1.54, 1.807) is 0 Å².